The van der Waals surface area contributed by atoms with E-state index in [1.165, 1.54) is 33.3 Å². The van der Waals surface area contributed by atoms with Gasteiger partial charge in [0.2, 0.25) is 0 Å². The minimum atomic E-state index is 0.425. The fourth-order valence-electron chi connectivity index (χ4n) is 4.45. The van der Waals surface area contributed by atoms with Crippen LogP contribution in [0, 0.1) is 6.92 Å². The van der Waals surface area contributed by atoms with Crippen LogP contribution in [0.25, 0.3) is 22.7 Å². The second kappa shape index (κ2) is 7.59. The summed E-state index contributed by atoms with van der Waals surface area (Å²) in [5.74, 6) is 0. The van der Waals surface area contributed by atoms with Crippen molar-refractivity contribution in [3.8, 4) is 0 Å². The average molecular weight is 413 g/mol. The SMILES string of the molecule is CCC1c2c(c3cc(C)ccc3n2/C=C(\C)c2ccc(Cl)c(Cl)c2)CCN1C. The molecule has 4 heteroatoms. The van der Waals surface area contributed by atoms with Gasteiger partial charge in [-0.25, -0.2) is 0 Å². The number of rotatable bonds is 3. The number of aromatic nitrogens is 1. The molecule has 146 valence electrons. The van der Waals surface area contributed by atoms with E-state index in [9.17, 15) is 0 Å². The van der Waals surface area contributed by atoms with E-state index in [4.69, 9.17) is 23.2 Å². The zero-order chi connectivity index (χ0) is 20.0. The highest BCUT2D eigenvalue weighted by atomic mass is 35.5. The second-order valence-electron chi connectivity index (χ2n) is 7.85. The van der Waals surface area contributed by atoms with Gasteiger partial charge in [-0.05, 0) is 74.7 Å². The Bertz CT molecular complexity index is 1080. The van der Waals surface area contributed by atoms with Gasteiger partial charge in [0.05, 0.1) is 21.6 Å². The Hall–Kier alpha value is -1.74. The van der Waals surface area contributed by atoms with Gasteiger partial charge in [-0.3, -0.25) is 4.90 Å². The Morgan fingerprint density at radius 1 is 1.14 bits per heavy atom. The van der Waals surface area contributed by atoms with Crippen molar-refractivity contribution in [2.45, 2.75) is 39.7 Å². The Morgan fingerprint density at radius 2 is 1.93 bits per heavy atom. The summed E-state index contributed by atoms with van der Waals surface area (Å²) in [7, 11) is 2.24. The fourth-order valence-corrected chi connectivity index (χ4v) is 4.74. The molecule has 1 atom stereocenters. The van der Waals surface area contributed by atoms with Crippen molar-refractivity contribution >= 4 is 45.9 Å². The van der Waals surface area contributed by atoms with Crippen molar-refractivity contribution in [2.24, 2.45) is 0 Å². The third-order valence-electron chi connectivity index (χ3n) is 5.95. The van der Waals surface area contributed by atoms with E-state index in [1.54, 1.807) is 0 Å². The van der Waals surface area contributed by atoms with E-state index in [1.807, 2.05) is 18.2 Å². The maximum Gasteiger partial charge on any atom is 0.0598 e. The first kappa shape index (κ1) is 19.6. The molecule has 2 heterocycles. The van der Waals surface area contributed by atoms with Crippen molar-refractivity contribution in [3.05, 3.63) is 68.8 Å². The largest absolute Gasteiger partial charge is 0.318 e. The number of halogens is 2. The van der Waals surface area contributed by atoms with Gasteiger partial charge in [-0.1, -0.05) is 47.8 Å². The van der Waals surface area contributed by atoms with E-state index in [2.05, 4.69) is 61.7 Å². The Balaban J connectivity index is 1.95. The minimum Gasteiger partial charge on any atom is -0.318 e. The van der Waals surface area contributed by atoms with E-state index in [0.717, 1.165) is 24.9 Å². The lowest BCUT2D eigenvalue weighted by Crippen LogP contribution is -2.32. The predicted molar refractivity (Wildman–Crippen MR) is 122 cm³/mol. The molecule has 28 heavy (non-hydrogen) atoms. The number of hydrogen-bond donors (Lipinski definition) is 0. The lowest BCUT2D eigenvalue weighted by molar-refractivity contribution is 0.220. The van der Waals surface area contributed by atoms with Gasteiger partial charge in [0, 0.05) is 23.8 Å². The molecule has 0 fully saturated rings. The summed E-state index contributed by atoms with van der Waals surface area (Å²) in [6.07, 6.45) is 4.45. The standard InChI is InChI=1S/C24H26Cl2N2/c1-5-22-24-18(10-11-27(22)4)19-12-15(2)6-9-23(19)28(24)14-16(3)17-7-8-20(25)21(26)13-17/h6-9,12-14,22H,5,10-11H2,1-4H3/b16-14+. The van der Waals surface area contributed by atoms with Crippen molar-refractivity contribution in [1.82, 2.24) is 9.47 Å². The van der Waals surface area contributed by atoms with Gasteiger partial charge >= 0.3 is 0 Å². The summed E-state index contributed by atoms with van der Waals surface area (Å²) in [6, 6.07) is 13.1. The summed E-state index contributed by atoms with van der Waals surface area (Å²) < 4.78 is 2.41. The zero-order valence-electron chi connectivity index (χ0n) is 16.9. The average Bonchev–Trinajstić information content (AvgIpc) is 2.97. The summed E-state index contributed by atoms with van der Waals surface area (Å²) >= 11 is 12.4. The molecule has 3 aromatic rings. The van der Waals surface area contributed by atoms with Gasteiger partial charge < -0.3 is 4.57 Å². The predicted octanol–water partition coefficient (Wildman–Crippen LogP) is 7.21. The van der Waals surface area contributed by atoms with Crippen LogP contribution in [0.2, 0.25) is 10.0 Å². The molecule has 0 bridgehead atoms. The first-order chi connectivity index (χ1) is 13.4. The van der Waals surface area contributed by atoms with Crippen LogP contribution in [0.15, 0.2) is 36.4 Å². The van der Waals surface area contributed by atoms with Crippen LogP contribution in [0.1, 0.15) is 48.7 Å². The van der Waals surface area contributed by atoms with Crippen LogP contribution >= 0.6 is 23.2 Å². The minimum absolute atomic E-state index is 0.425. The molecule has 0 amide bonds. The molecule has 1 aliphatic heterocycles. The molecule has 2 nitrogen and oxygen atoms in total. The highest BCUT2D eigenvalue weighted by Gasteiger charge is 2.29. The molecule has 0 radical (unpaired) electrons. The van der Waals surface area contributed by atoms with Gasteiger partial charge in [0.15, 0.2) is 0 Å². The maximum absolute atomic E-state index is 6.26. The van der Waals surface area contributed by atoms with Crippen LogP contribution < -0.4 is 0 Å². The highest BCUT2D eigenvalue weighted by molar-refractivity contribution is 6.42. The number of nitrogens with zero attached hydrogens (tertiary/aromatic N) is 2. The fraction of sp³-hybridized carbons (Fsp3) is 0.333. The van der Waals surface area contributed by atoms with Gasteiger partial charge in [-0.15, -0.1) is 0 Å². The molecule has 2 aromatic carbocycles. The van der Waals surface area contributed by atoms with Crippen LogP contribution in [0.3, 0.4) is 0 Å². The number of benzene rings is 2. The molecular formula is C24H26Cl2N2. The zero-order valence-corrected chi connectivity index (χ0v) is 18.4. The summed E-state index contributed by atoms with van der Waals surface area (Å²) in [5.41, 5.74) is 7.78. The third kappa shape index (κ3) is 3.28. The van der Waals surface area contributed by atoms with Crippen molar-refractivity contribution in [1.29, 1.82) is 0 Å². The van der Waals surface area contributed by atoms with Crippen LogP contribution in [0.5, 0.6) is 0 Å². The molecule has 0 saturated carbocycles. The van der Waals surface area contributed by atoms with E-state index < -0.39 is 0 Å². The number of likely N-dealkylation sites (N-methyl/N-ethyl adjacent to an activating group) is 1. The molecule has 0 spiro atoms. The second-order valence-corrected chi connectivity index (χ2v) is 8.66. The smallest absolute Gasteiger partial charge is 0.0598 e. The van der Waals surface area contributed by atoms with Crippen LogP contribution in [-0.4, -0.2) is 23.1 Å². The highest BCUT2D eigenvalue weighted by Crippen LogP contribution is 2.39. The summed E-state index contributed by atoms with van der Waals surface area (Å²) in [4.78, 5) is 2.48. The normalized spacial score (nSPS) is 17.9. The van der Waals surface area contributed by atoms with Gasteiger partial charge in [-0.2, -0.15) is 0 Å². The monoisotopic (exact) mass is 412 g/mol. The number of hydrogen-bond acceptors (Lipinski definition) is 1. The number of fused-ring (bicyclic) bond motifs is 3. The van der Waals surface area contributed by atoms with E-state index in [0.29, 0.717) is 16.1 Å². The quantitative estimate of drug-likeness (QED) is 0.440. The topological polar surface area (TPSA) is 8.17 Å². The Kier molecular flexibility index (Phi) is 5.30. The molecule has 0 N–H and O–H groups in total. The Labute approximate surface area is 177 Å². The van der Waals surface area contributed by atoms with Gasteiger partial charge in [0.25, 0.3) is 0 Å². The van der Waals surface area contributed by atoms with E-state index in [-0.39, 0.29) is 0 Å². The molecule has 1 aromatic heterocycles. The van der Waals surface area contributed by atoms with Crippen LogP contribution in [-0.2, 0) is 6.42 Å². The van der Waals surface area contributed by atoms with Gasteiger partial charge in [0.1, 0.15) is 0 Å². The number of allylic oxidation sites excluding steroid dienone is 1. The molecule has 1 aliphatic rings. The summed E-state index contributed by atoms with van der Waals surface area (Å²) in [6.45, 7) is 7.69. The maximum atomic E-state index is 6.26. The molecule has 0 saturated heterocycles. The first-order valence-corrected chi connectivity index (χ1v) is 10.6. The van der Waals surface area contributed by atoms with Crippen LogP contribution in [0.4, 0.5) is 0 Å². The first-order valence-electron chi connectivity index (χ1n) is 9.88. The van der Waals surface area contributed by atoms with Crippen molar-refractivity contribution in [3.63, 3.8) is 0 Å². The number of aryl methyl sites for hydroxylation is 1. The van der Waals surface area contributed by atoms with Crippen molar-refractivity contribution < 1.29 is 0 Å². The van der Waals surface area contributed by atoms with Crippen molar-refractivity contribution in [2.75, 3.05) is 13.6 Å². The van der Waals surface area contributed by atoms with E-state index >= 15 is 0 Å². The molecule has 4 rings (SSSR count). The summed E-state index contributed by atoms with van der Waals surface area (Å²) in [5, 5.41) is 2.57. The molecule has 0 aliphatic carbocycles. The molecule has 1 unspecified atom stereocenters. The third-order valence-corrected chi connectivity index (χ3v) is 6.69. The lowest BCUT2D eigenvalue weighted by atomic mass is 9.96. The lowest BCUT2D eigenvalue weighted by Gasteiger charge is -2.33. The Morgan fingerprint density at radius 3 is 2.64 bits per heavy atom. The molecular weight excluding hydrogens is 387 g/mol.